The van der Waals surface area contributed by atoms with Gasteiger partial charge in [0.2, 0.25) is 0 Å². The van der Waals surface area contributed by atoms with Crippen LogP contribution in [0.3, 0.4) is 0 Å². The molecule has 0 amide bonds. The number of para-hydroxylation sites is 1. The molecule has 0 saturated heterocycles. The lowest BCUT2D eigenvalue weighted by atomic mass is 10.3. The Kier molecular flexibility index (Phi) is 2.91. The Bertz CT molecular complexity index is 524. The Morgan fingerprint density at radius 2 is 2.19 bits per heavy atom. The summed E-state index contributed by atoms with van der Waals surface area (Å²) in [6.45, 7) is 1.89. The molecule has 1 heterocycles. The predicted octanol–water partition coefficient (Wildman–Crippen LogP) is 2.78. The fourth-order valence-electron chi connectivity index (χ4n) is 1.24. The minimum absolute atomic E-state index is 0.0987. The lowest BCUT2D eigenvalue weighted by Crippen LogP contribution is -1.90. The number of hydrogen-bond acceptors (Lipinski definition) is 4. The molecule has 82 valence electrons. The summed E-state index contributed by atoms with van der Waals surface area (Å²) in [7, 11) is 0. The van der Waals surface area contributed by atoms with Gasteiger partial charge in [-0.05, 0) is 24.8 Å². The van der Waals surface area contributed by atoms with Gasteiger partial charge in [-0.1, -0.05) is 12.1 Å². The van der Waals surface area contributed by atoms with Crippen LogP contribution in [0.25, 0.3) is 0 Å². The molecular weight excluding hydrogens is 226 g/mol. The van der Waals surface area contributed by atoms with Crippen molar-refractivity contribution in [2.75, 3.05) is 0 Å². The summed E-state index contributed by atoms with van der Waals surface area (Å²) >= 11 is 1.26. The van der Waals surface area contributed by atoms with E-state index in [9.17, 15) is 10.1 Å². The van der Waals surface area contributed by atoms with Crippen LogP contribution >= 0.6 is 11.8 Å². The van der Waals surface area contributed by atoms with Gasteiger partial charge in [-0.25, -0.2) is 4.98 Å². The Morgan fingerprint density at radius 1 is 1.44 bits per heavy atom. The Balaban J connectivity index is 2.31. The molecule has 0 aliphatic rings. The van der Waals surface area contributed by atoms with E-state index in [4.69, 9.17) is 0 Å². The van der Waals surface area contributed by atoms with Crippen molar-refractivity contribution in [3.8, 4) is 0 Å². The number of nitro groups is 1. The topological polar surface area (TPSA) is 71.8 Å². The molecule has 0 saturated carbocycles. The van der Waals surface area contributed by atoms with Gasteiger partial charge in [0.05, 0.1) is 9.82 Å². The molecule has 1 aromatic carbocycles. The summed E-state index contributed by atoms with van der Waals surface area (Å²) in [6, 6.07) is 6.61. The summed E-state index contributed by atoms with van der Waals surface area (Å²) in [5.74, 6) is 0. The highest BCUT2D eigenvalue weighted by molar-refractivity contribution is 7.99. The van der Waals surface area contributed by atoms with E-state index in [0.717, 1.165) is 5.69 Å². The van der Waals surface area contributed by atoms with Crippen LogP contribution in [-0.4, -0.2) is 14.9 Å². The standard InChI is InChI=1S/C10H9N3O2S/c1-7-6-11-10(12-7)16-9-5-3-2-4-8(9)13(14)15/h2-6H,1H3,(H,11,12). The number of aromatic nitrogens is 2. The number of hydrogen-bond donors (Lipinski definition) is 1. The van der Waals surface area contributed by atoms with E-state index in [2.05, 4.69) is 9.97 Å². The van der Waals surface area contributed by atoms with Crippen molar-refractivity contribution in [2.24, 2.45) is 0 Å². The lowest BCUT2D eigenvalue weighted by molar-refractivity contribution is -0.387. The van der Waals surface area contributed by atoms with Gasteiger partial charge in [-0.15, -0.1) is 0 Å². The molecule has 1 N–H and O–H groups in total. The maximum absolute atomic E-state index is 10.8. The van der Waals surface area contributed by atoms with Crippen LogP contribution in [-0.2, 0) is 0 Å². The van der Waals surface area contributed by atoms with Crippen molar-refractivity contribution >= 4 is 17.4 Å². The van der Waals surface area contributed by atoms with Gasteiger partial charge in [-0.3, -0.25) is 10.1 Å². The first kappa shape index (κ1) is 10.7. The number of benzene rings is 1. The predicted molar refractivity (Wildman–Crippen MR) is 60.5 cm³/mol. The van der Waals surface area contributed by atoms with E-state index in [1.807, 2.05) is 6.92 Å². The maximum atomic E-state index is 10.8. The third-order valence-corrected chi connectivity index (χ3v) is 2.91. The van der Waals surface area contributed by atoms with Gasteiger partial charge in [0, 0.05) is 18.0 Å². The monoisotopic (exact) mass is 235 g/mol. The zero-order valence-electron chi connectivity index (χ0n) is 8.51. The second kappa shape index (κ2) is 4.36. The van der Waals surface area contributed by atoms with Crippen LogP contribution in [0.1, 0.15) is 5.69 Å². The fourth-order valence-corrected chi connectivity index (χ4v) is 2.16. The van der Waals surface area contributed by atoms with Gasteiger partial charge < -0.3 is 4.98 Å². The Labute approximate surface area is 96.1 Å². The number of aromatic amines is 1. The number of imidazole rings is 1. The molecule has 16 heavy (non-hydrogen) atoms. The van der Waals surface area contributed by atoms with E-state index in [0.29, 0.717) is 10.1 Å². The van der Waals surface area contributed by atoms with Gasteiger partial charge in [0.25, 0.3) is 5.69 Å². The summed E-state index contributed by atoms with van der Waals surface area (Å²) in [5, 5.41) is 11.4. The third kappa shape index (κ3) is 2.22. The smallest absolute Gasteiger partial charge is 0.283 e. The van der Waals surface area contributed by atoms with Crippen molar-refractivity contribution < 1.29 is 4.92 Å². The van der Waals surface area contributed by atoms with Crippen LogP contribution in [0.2, 0.25) is 0 Å². The highest BCUT2D eigenvalue weighted by Gasteiger charge is 2.14. The van der Waals surface area contributed by atoms with Crippen molar-refractivity contribution in [1.29, 1.82) is 0 Å². The van der Waals surface area contributed by atoms with Crippen molar-refractivity contribution in [1.82, 2.24) is 9.97 Å². The molecule has 1 aromatic heterocycles. The highest BCUT2D eigenvalue weighted by Crippen LogP contribution is 2.32. The van der Waals surface area contributed by atoms with Crippen molar-refractivity contribution in [3.05, 3.63) is 46.3 Å². The molecule has 0 bridgehead atoms. The average Bonchev–Trinajstić information content (AvgIpc) is 2.64. The van der Waals surface area contributed by atoms with E-state index < -0.39 is 4.92 Å². The highest BCUT2D eigenvalue weighted by atomic mass is 32.2. The molecule has 2 aromatic rings. The van der Waals surface area contributed by atoms with E-state index in [1.165, 1.54) is 17.8 Å². The normalized spacial score (nSPS) is 10.3. The van der Waals surface area contributed by atoms with Gasteiger partial charge in [-0.2, -0.15) is 0 Å². The van der Waals surface area contributed by atoms with Gasteiger partial charge >= 0.3 is 0 Å². The fraction of sp³-hybridized carbons (Fsp3) is 0.100. The first-order valence-electron chi connectivity index (χ1n) is 4.59. The van der Waals surface area contributed by atoms with Gasteiger partial charge in [0.15, 0.2) is 5.16 Å². The average molecular weight is 235 g/mol. The second-order valence-electron chi connectivity index (χ2n) is 3.20. The quantitative estimate of drug-likeness (QED) is 0.655. The maximum Gasteiger partial charge on any atom is 0.283 e. The molecular formula is C10H9N3O2S. The Hall–Kier alpha value is -1.82. The third-order valence-electron chi connectivity index (χ3n) is 1.95. The number of nitro benzene ring substituents is 1. The van der Waals surface area contributed by atoms with Crippen LogP contribution < -0.4 is 0 Å². The minimum atomic E-state index is -0.391. The van der Waals surface area contributed by atoms with Gasteiger partial charge in [0.1, 0.15) is 0 Å². The van der Waals surface area contributed by atoms with E-state index >= 15 is 0 Å². The van der Waals surface area contributed by atoms with Crippen LogP contribution in [0.5, 0.6) is 0 Å². The van der Waals surface area contributed by atoms with Crippen LogP contribution in [0.4, 0.5) is 5.69 Å². The number of rotatable bonds is 3. The van der Waals surface area contributed by atoms with Crippen molar-refractivity contribution in [3.63, 3.8) is 0 Å². The molecule has 0 unspecified atom stereocenters. The molecule has 0 aliphatic carbocycles. The molecule has 0 radical (unpaired) electrons. The van der Waals surface area contributed by atoms with E-state index in [1.54, 1.807) is 24.4 Å². The SMILES string of the molecule is Cc1cnc(Sc2ccccc2[N+](=O)[O-])[nH]1. The minimum Gasteiger partial charge on any atom is -0.337 e. The van der Waals surface area contributed by atoms with E-state index in [-0.39, 0.29) is 5.69 Å². The Morgan fingerprint density at radius 3 is 2.81 bits per heavy atom. The molecule has 6 heteroatoms. The molecule has 5 nitrogen and oxygen atoms in total. The number of H-pyrrole nitrogens is 1. The summed E-state index contributed by atoms with van der Waals surface area (Å²) in [4.78, 5) is 18.1. The lowest BCUT2D eigenvalue weighted by Gasteiger charge is -1.99. The molecule has 0 atom stereocenters. The number of nitrogens with one attached hydrogen (secondary N) is 1. The number of nitrogens with zero attached hydrogens (tertiary/aromatic N) is 2. The molecule has 0 aliphatic heterocycles. The molecule has 0 fully saturated rings. The zero-order chi connectivity index (χ0) is 11.5. The molecule has 2 rings (SSSR count). The van der Waals surface area contributed by atoms with Crippen molar-refractivity contribution in [2.45, 2.75) is 17.0 Å². The van der Waals surface area contributed by atoms with Crippen LogP contribution in [0.15, 0.2) is 40.5 Å². The number of aryl methyl sites for hydroxylation is 1. The summed E-state index contributed by atoms with van der Waals surface area (Å²) in [5.41, 5.74) is 1.03. The first-order chi connectivity index (χ1) is 7.66. The zero-order valence-corrected chi connectivity index (χ0v) is 9.32. The molecule has 0 spiro atoms. The summed E-state index contributed by atoms with van der Waals surface area (Å²) in [6.07, 6.45) is 1.69. The largest absolute Gasteiger partial charge is 0.337 e. The van der Waals surface area contributed by atoms with Crippen LogP contribution in [0, 0.1) is 17.0 Å². The first-order valence-corrected chi connectivity index (χ1v) is 5.41. The second-order valence-corrected chi connectivity index (χ2v) is 4.23. The summed E-state index contributed by atoms with van der Waals surface area (Å²) < 4.78 is 0.